The molecule has 0 bridgehead atoms. The maximum Gasteiger partial charge on any atom is 0.131 e. The second-order valence-electron chi connectivity index (χ2n) is 3.36. The molecule has 0 aliphatic heterocycles. The molecule has 0 aromatic carbocycles. The fraction of sp³-hybridized carbons (Fsp3) is 0.500. The zero-order chi connectivity index (χ0) is 12.0. The smallest absolute Gasteiger partial charge is 0.131 e. The van der Waals surface area contributed by atoms with Crippen molar-refractivity contribution in [1.29, 1.82) is 0 Å². The maximum atomic E-state index is 5.83. The van der Waals surface area contributed by atoms with Crippen molar-refractivity contribution in [3.05, 3.63) is 16.9 Å². The van der Waals surface area contributed by atoms with Gasteiger partial charge in [0.2, 0.25) is 0 Å². The van der Waals surface area contributed by atoms with Gasteiger partial charge < -0.3 is 21.1 Å². The van der Waals surface area contributed by atoms with Crippen molar-refractivity contribution in [1.82, 2.24) is 10.3 Å². The number of hydrogen-bond donors (Lipinski definition) is 3. The minimum atomic E-state index is 0.0940. The number of aromatic nitrogens is 1. The van der Waals surface area contributed by atoms with Crippen LogP contribution in [0.25, 0.3) is 0 Å². The number of methoxy groups -OCH3 is 1. The summed E-state index contributed by atoms with van der Waals surface area (Å²) in [6.45, 7) is 1.45. The van der Waals surface area contributed by atoms with Crippen LogP contribution < -0.4 is 16.4 Å². The van der Waals surface area contributed by atoms with E-state index in [0.29, 0.717) is 16.8 Å². The molecule has 0 aliphatic carbocycles. The van der Waals surface area contributed by atoms with Gasteiger partial charge >= 0.3 is 0 Å². The molecule has 0 fully saturated rings. The molecular weight excluding hydrogens is 272 g/mol. The first-order valence-electron chi connectivity index (χ1n) is 5.00. The number of nitrogens with zero attached hydrogens (tertiary/aromatic N) is 1. The standard InChI is InChI=1S/C10H17BrN4O/c1-13-5-7(16-2)6-15-9-8(12)3-4-14-10(9)11/h3-4,7,13,15H,5-6H2,1-2H3,(H2,12,14). The summed E-state index contributed by atoms with van der Waals surface area (Å²) in [5.41, 5.74) is 7.31. The van der Waals surface area contributed by atoms with Crippen LogP contribution in [0.1, 0.15) is 0 Å². The molecule has 4 N–H and O–H groups in total. The largest absolute Gasteiger partial charge is 0.397 e. The van der Waals surface area contributed by atoms with Crippen LogP contribution in [0.5, 0.6) is 0 Å². The highest BCUT2D eigenvalue weighted by atomic mass is 79.9. The number of likely N-dealkylation sites (N-methyl/N-ethyl adjacent to an activating group) is 1. The van der Waals surface area contributed by atoms with Crippen LogP contribution in [-0.4, -0.2) is 38.3 Å². The molecule has 1 heterocycles. The van der Waals surface area contributed by atoms with Gasteiger partial charge in [-0.15, -0.1) is 0 Å². The lowest BCUT2D eigenvalue weighted by atomic mass is 10.3. The third-order valence-corrected chi connectivity index (χ3v) is 2.81. The SMILES string of the molecule is CNCC(CNc1c(N)ccnc1Br)OC. The predicted octanol–water partition coefficient (Wildman–Crippen LogP) is 1.07. The van der Waals surface area contributed by atoms with E-state index in [1.165, 1.54) is 0 Å². The number of rotatable bonds is 6. The van der Waals surface area contributed by atoms with Gasteiger partial charge in [-0.1, -0.05) is 0 Å². The van der Waals surface area contributed by atoms with Gasteiger partial charge in [-0.3, -0.25) is 0 Å². The zero-order valence-electron chi connectivity index (χ0n) is 9.46. The fourth-order valence-electron chi connectivity index (χ4n) is 1.31. The van der Waals surface area contributed by atoms with Crippen molar-refractivity contribution < 1.29 is 4.74 Å². The van der Waals surface area contributed by atoms with E-state index in [2.05, 4.69) is 31.5 Å². The number of halogens is 1. The molecular formula is C10H17BrN4O. The molecule has 6 heteroatoms. The van der Waals surface area contributed by atoms with Gasteiger partial charge in [0, 0.05) is 26.4 Å². The topological polar surface area (TPSA) is 72.2 Å². The predicted molar refractivity (Wildman–Crippen MR) is 69.6 cm³/mol. The Kier molecular flexibility index (Phi) is 5.51. The van der Waals surface area contributed by atoms with Gasteiger partial charge in [0.15, 0.2) is 0 Å². The lowest BCUT2D eigenvalue weighted by Gasteiger charge is -2.17. The molecule has 90 valence electrons. The van der Waals surface area contributed by atoms with E-state index in [1.807, 2.05) is 7.05 Å². The normalized spacial score (nSPS) is 12.4. The molecule has 0 saturated heterocycles. The number of ether oxygens (including phenoxy) is 1. The lowest BCUT2D eigenvalue weighted by molar-refractivity contribution is 0.114. The van der Waals surface area contributed by atoms with E-state index in [4.69, 9.17) is 10.5 Å². The molecule has 1 aromatic rings. The van der Waals surface area contributed by atoms with E-state index < -0.39 is 0 Å². The van der Waals surface area contributed by atoms with Crippen LogP contribution in [0, 0.1) is 0 Å². The Balaban J connectivity index is 2.59. The van der Waals surface area contributed by atoms with Gasteiger partial charge in [0.1, 0.15) is 4.60 Å². The van der Waals surface area contributed by atoms with E-state index in [-0.39, 0.29) is 6.10 Å². The second-order valence-corrected chi connectivity index (χ2v) is 4.11. The first kappa shape index (κ1) is 13.2. The van der Waals surface area contributed by atoms with Gasteiger partial charge in [0.25, 0.3) is 0 Å². The molecule has 0 amide bonds. The number of nitrogen functional groups attached to an aromatic ring is 1. The second kappa shape index (κ2) is 6.67. The summed E-state index contributed by atoms with van der Waals surface area (Å²) in [5, 5.41) is 6.28. The zero-order valence-corrected chi connectivity index (χ0v) is 11.0. The van der Waals surface area contributed by atoms with Crippen molar-refractivity contribution >= 4 is 27.3 Å². The number of anilines is 2. The maximum absolute atomic E-state index is 5.83. The monoisotopic (exact) mass is 288 g/mol. The summed E-state index contributed by atoms with van der Waals surface area (Å²) in [5.74, 6) is 0. The number of hydrogen-bond acceptors (Lipinski definition) is 5. The van der Waals surface area contributed by atoms with Gasteiger partial charge in [-0.05, 0) is 29.0 Å². The molecule has 0 radical (unpaired) electrons. The van der Waals surface area contributed by atoms with Gasteiger partial charge in [0.05, 0.1) is 17.5 Å². The van der Waals surface area contributed by atoms with Gasteiger partial charge in [-0.2, -0.15) is 0 Å². The lowest BCUT2D eigenvalue weighted by Crippen LogP contribution is -2.32. The first-order chi connectivity index (χ1) is 7.69. The fourth-order valence-corrected chi connectivity index (χ4v) is 1.79. The summed E-state index contributed by atoms with van der Waals surface area (Å²) in [6, 6.07) is 1.76. The Morgan fingerprint density at radius 2 is 2.31 bits per heavy atom. The van der Waals surface area contributed by atoms with Crippen molar-refractivity contribution in [2.75, 3.05) is 38.3 Å². The third-order valence-electron chi connectivity index (χ3n) is 2.21. The Bertz CT molecular complexity index is 314. The minimum absolute atomic E-state index is 0.0940. The van der Waals surface area contributed by atoms with E-state index in [1.54, 1.807) is 19.4 Å². The third kappa shape index (κ3) is 3.62. The summed E-state index contributed by atoms with van der Waals surface area (Å²) in [7, 11) is 3.58. The van der Waals surface area contributed by atoms with Crippen molar-refractivity contribution in [3.63, 3.8) is 0 Å². The minimum Gasteiger partial charge on any atom is -0.397 e. The highest BCUT2D eigenvalue weighted by Crippen LogP contribution is 2.25. The summed E-state index contributed by atoms with van der Waals surface area (Å²) in [4.78, 5) is 4.11. The molecule has 1 aromatic heterocycles. The molecule has 5 nitrogen and oxygen atoms in total. The first-order valence-corrected chi connectivity index (χ1v) is 5.79. The number of pyridine rings is 1. The summed E-state index contributed by atoms with van der Waals surface area (Å²) in [6.07, 6.45) is 1.75. The Morgan fingerprint density at radius 1 is 1.56 bits per heavy atom. The number of nitrogens with one attached hydrogen (secondary N) is 2. The van der Waals surface area contributed by atoms with E-state index >= 15 is 0 Å². The van der Waals surface area contributed by atoms with E-state index in [9.17, 15) is 0 Å². The van der Waals surface area contributed by atoms with Gasteiger partial charge in [-0.25, -0.2) is 4.98 Å². The van der Waals surface area contributed by atoms with Crippen LogP contribution in [0.2, 0.25) is 0 Å². The Morgan fingerprint density at radius 3 is 2.88 bits per heavy atom. The average molecular weight is 289 g/mol. The van der Waals surface area contributed by atoms with Crippen LogP contribution in [0.15, 0.2) is 16.9 Å². The van der Waals surface area contributed by atoms with Crippen LogP contribution in [-0.2, 0) is 4.74 Å². The molecule has 1 atom stereocenters. The molecule has 1 unspecified atom stereocenters. The Hall–Kier alpha value is -0.850. The quantitative estimate of drug-likeness (QED) is 0.683. The molecule has 16 heavy (non-hydrogen) atoms. The summed E-state index contributed by atoms with van der Waals surface area (Å²) >= 11 is 3.35. The molecule has 1 rings (SSSR count). The molecule has 0 saturated carbocycles. The average Bonchev–Trinajstić information content (AvgIpc) is 2.27. The van der Waals surface area contributed by atoms with Crippen LogP contribution >= 0.6 is 15.9 Å². The number of nitrogens with two attached hydrogens (primary N) is 1. The van der Waals surface area contributed by atoms with Crippen molar-refractivity contribution in [3.8, 4) is 0 Å². The Labute approximate surface area is 104 Å². The molecule has 0 aliphatic rings. The van der Waals surface area contributed by atoms with Crippen molar-refractivity contribution in [2.45, 2.75) is 6.10 Å². The summed E-state index contributed by atoms with van der Waals surface area (Å²) < 4.78 is 6.01. The van der Waals surface area contributed by atoms with Crippen LogP contribution in [0.3, 0.4) is 0 Å². The van der Waals surface area contributed by atoms with E-state index in [0.717, 1.165) is 12.2 Å². The molecule has 0 spiro atoms. The highest BCUT2D eigenvalue weighted by Gasteiger charge is 2.09. The highest BCUT2D eigenvalue weighted by molar-refractivity contribution is 9.10. The van der Waals surface area contributed by atoms with Crippen LogP contribution in [0.4, 0.5) is 11.4 Å². The van der Waals surface area contributed by atoms with Crippen molar-refractivity contribution in [2.24, 2.45) is 0 Å².